The number of oxazole rings is 1. The topological polar surface area (TPSA) is 58.3 Å². The van der Waals surface area contributed by atoms with Gasteiger partial charge in [0.2, 0.25) is 0 Å². The number of thioether (sulfide) groups is 1. The molecular weight excluding hydrogens is 200 g/mol. The van der Waals surface area contributed by atoms with Gasteiger partial charge in [-0.05, 0) is 13.0 Å². The van der Waals surface area contributed by atoms with Crippen molar-refractivity contribution in [3.63, 3.8) is 0 Å². The molecule has 80 valence electrons. The molecule has 0 spiro atoms. The molecule has 0 aliphatic heterocycles. The van der Waals surface area contributed by atoms with Gasteiger partial charge in [-0.2, -0.15) is 0 Å². The highest BCUT2D eigenvalue weighted by molar-refractivity contribution is 7.99. The van der Waals surface area contributed by atoms with Crippen LogP contribution in [-0.2, 0) is 0 Å². The quantitative estimate of drug-likeness (QED) is 0.528. The van der Waals surface area contributed by atoms with Crippen LogP contribution in [0.15, 0.2) is 22.1 Å². The zero-order valence-electron chi connectivity index (χ0n) is 8.27. The maximum absolute atomic E-state index is 9.52. The van der Waals surface area contributed by atoms with Crippen LogP contribution in [0.25, 0.3) is 0 Å². The number of hydrogen-bond donors (Lipinski definition) is 2. The molecule has 2 N–H and O–H groups in total. The van der Waals surface area contributed by atoms with Crippen molar-refractivity contribution in [2.45, 2.75) is 24.7 Å². The molecule has 0 radical (unpaired) electrons. The molecule has 0 amide bonds. The molecule has 0 bridgehead atoms. The first-order valence-corrected chi connectivity index (χ1v) is 5.72. The summed E-state index contributed by atoms with van der Waals surface area (Å²) in [6.07, 6.45) is 3.87. The van der Waals surface area contributed by atoms with E-state index in [1.807, 2.05) is 0 Å². The first kappa shape index (κ1) is 11.6. The third-order valence-electron chi connectivity index (χ3n) is 1.62. The van der Waals surface area contributed by atoms with E-state index in [4.69, 9.17) is 4.42 Å². The van der Waals surface area contributed by atoms with E-state index in [1.54, 1.807) is 6.20 Å². The van der Waals surface area contributed by atoms with Crippen LogP contribution in [0.1, 0.15) is 13.3 Å². The molecule has 1 aromatic heterocycles. The van der Waals surface area contributed by atoms with Crippen molar-refractivity contribution in [2.75, 3.05) is 18.8 Å². The monoisotopic (exact) mass is 216 g/mol. The van der Waals surface area contributed by atoms with E-state index in [9.17, 15) is 5.11 Å². The number of nitrogens with one attached hydrogen (secondary N) is 1. The fraction of sp³-hybridized carbons (Fsp3) is 0.667. The minimum atomic E-state index is -0.349. The van der Waals surface area contributed by atoms with Crippen LogP contribution >= 0.6 is 11.8 Å². The highest BCUT2D eigenvalue weighted by Gasteiger charge is 2.06. The van der Waals surface area contributed by atoms with Gasteiger partial charge in [-0.3, -0.25) is 0 Å². The van der Waals surface area contributed by atoms with Crippen LogP contribution in [0.5, 0.6) is 0 Å². The van der Waals surface area contributed by atoms with Gasteiger partial charge in [0, 0.05) is 12.3 Å². The third kappa shape index (κ3) is 4.64. The Kier molecular flexibility index (Phi) is 5.66. The van der Waals surface area contributed by atoms with E-state index >= 15 is 0 Å². The highest BCUT2D eigenvalue weighted by Crippen LogP contribution is 2.15. The molecule has 0 aliphatic carbocycles. The standard InChI is InChI=1S/C9H16N2O2S/c1-2-3-10-6-8(12)7-14-9-11-4-5-13-9/h4-5,8,10,12H,2-3,6-7H2,1H3. The van der Waals surface area contributed by atoms with E-state index in [0.717, 1.165) is 13.0 Å². The summed E-state index contributed by atoms with van der Waals surface area (Å²) in [5, 5.41) is 13.3. The van der Waals surface area contributed by atoms with Crippen molar-refractivity contribution in [2.24, 2.45) is 0 Å². The van der Waals surface area contributed by atoms with Gasteiger partial charge >= 0.3 is 0 Å². The molecule has 0 saturated heterocycles. The SMILES string of the molecule is CCCNCC(O)CSc1ncco1. The molecule has 0 fully saturated rings. The van der Waals surface area contributed by atoms with Crippen molar-refractivity contribution in [1.29, 1.82) is 0 Å². The summed E-state index contributed by atoms with van der Waals surface area (Å²) < 4.78 is 5.03. The zero-order valence-corrected chi connectivity index (χ0v) is 9.09. The van der Waals surface area contributed by atoms with E-state index in [0.29, 0.717) is 17.5 Å². The van der Waals surface area contributed by atoms with E-state index < -0.39 is 0 Å². The van der Waals surface area contributed by atoms with Crippen molar-refractivity contribution >= 4 is 11.8 Å². The Morgan fingerprint density at radius 3 is 3.21 bits per heavy atom. The number of aliphatic hydroxyl groups excluding tert-OH is 1. The summed E-state index contributed by atoms with van der Waals surface area (Å²) in [5.74, 6) is 0.608. The molecule has 0 aliphatic rings. The van der Waals surface area contributed by atoms with Gasteiger partial charge in [-0.15, -0.1) is 0 Å². The van der Waals surface area contributed by atoms with Gasteiger partial charge in [0.25, 0.3) is 5.22 Å². The van der Waals surface area contributed by atoms with Crippen LogP contribution < -0.4 is 5.32 Å². The number of aliphatic hydroxyl groups is 1. The first-order chi connectivity index (χ1) is 6.83. The Balaban J connectivity index is 2.06. The maximum atomic E-state index is 9.52. The zero-order chi connectivity index (χ0) is 10.2. The van der Waals surface area contributed by atoms with Crippen LogP contribution in [0.3, 0.4) is 0 Å². The average molecular weight is 216 g/mol. The number of rotatable bonds is 7. The largest absolute Gasteiger partial charge is 0.440 e. The fourth-order valence-corrected chi connectivity index (χ4v) is 1.67. The lowest BCUT2D eigenvalue weighted by atomic mass is 10.4. The Hall–Kier alpha value is -0.520. The predicted molar refractivity (Wildman–Crippen MR) is 56.4 cm³/mol. The minimum Gasteiger partial charge on any atom is -0.440 e. The molecule has 0 saturated carbocycles. The predicted octanol–water partition coefficient (Wildman–Crippen LogP) is 1.13. The summed E-state index contributed by atoms with van der Waals surface area (Å²) >= 11 is 1.43. The normalized spacial score (nSPS) is 13.0. The van der Waals surface area contributed by atoms with E-state index in [2.05, 4.69) is 17.2 Å². The fourth-order valence-electron chi connectivity index (χ4n) is 0.953. The first-order valence-electron chi connectivity index (χ1n) is 4.74. The third-order valence-corrected chi connectivity index (χ3v) is 2.62. The second-order valence-corrected chi connectivity index (χ2v) is 3.94. The summed E-state index contributed by atoms with van der Waals surface area (Å²) in [7, 11) is 0. The molecule has 1 atom stereocenters. The second-order valence-electron chi connectivity index (χ2n) is 2.97. The maximum Gasteiger partial charge on any atom is 0.255 e. The molecule has 14 heavy (non-hydrogen) atoms. The van der Waals surface area contributed by atoms with Crippen molar-refractivity contribution < 1.29 is 9.52 Å². The Morgan fingerprint density at radius 2 is 2.57 bits per heavy atom. The Labute approximate surface area is 88.1 Å². The number of nitrogens with zero attached hydrogens (tertiary/aromatic N) is 1. The van der Waals surface area contributed by atoms with Gasteiger partial charge in [0.05, 0.1) is 12.3 Å². The van der Waals surface area contributed by atoms with Gasteiger partial charge in [-0.1, -0.05) is 18.7 Å². The Morgan fingerprint density at radius 1 is 1.71 bits per heavy atom. The summed E-state index contributed by atoms with van der Waals surface area (Å²) in [6.45, 7) is 3.67. The van der Waals surface area contributed by atoms with Crippen LogP contribution in [0.4, 0.5) is 0 Å². The summed E-state index contributed by atoms with van der Waals surface area (Å²) in [6, 6.07) is 0. The van der Waals surface area contributed by atoms with Gasteiger partial charge < -0.3 is 14.8 Å². The molecular formula is C9H16N2O2S. The summed E-state index contributed by atoms with van der Waals surface area (Å²) in [4.78, 5) is 3.95. The molecule has 5 heteroatoms. The highest BCUT2D eigenvalue weighted by atomic mass is 32.2. The van der Waals surface area contributed by atoms with Gasteiger partial charge in [-0.25, -0.2) is 4.98 Å². The molecule has 1 unspecified atom stereocenters. The Bertz CT molecular complexity index is 229. The molecule has 1 rings (SSSR count). The lowest BCUT2D eigenvalue weighted by Crippen LogP contribution is -2.28. The van der Waals surface area contributed by atoms with E-state index in [1.165, 1.54) is 18.0 Å². The molecule has 1 heterocycles. The number of hydrogen-bond acceptors (Lipinski definition) is 5. The smallest absolute Gasteiger partial charge is 0.255 e. The molecule has 4 nitrogen and oxygen atoms in total. The van der Waals surface area contributed by atoms with Crippen molar-refractivity contribution in [3.8, 4) is 0 Å². The van der Waals surface area contributed by atoms with Crippen molar-refractivity contribution in [3.05, 3.63) is 12.5 Å². The summed E-state index contributed by atoms with van der Waals surface area (Å²) in [5.41, 5.74) is 0. The lowest BCUT2D eigenvalue weighted by Gasteiger charge is -2.09. The van der Waals surface area contributed by atoms with Crippen LogP contribution in [0.2, 0.25) is 0 Å². The molecule has 0 aromatic carbocycles. The second kappa shape index (κ2) is 6.86. The lowest BCUT2D eigenvalue weighted by molar-refractivity contribution is 0.196. The van der Waals surface area contributed by atoms with Gasteiger partial charge in [0.1, 0.15) is 6.26 Å². The van der Waals surface area contributed by atoms with Crippen molar-refractivity contribution in [1.82, 2.24) is 10.3 Å². The number of aromatic nitrogens is 1. The van der Waals surface area contributed by atoms with Crippen LogP contribution in [-0.4, -0.2) is 35.0 Å². The minimum absolute atomic E-state index is 0.349. The molecule has 1 aromatic rings. The van der Waals surface area contributed by atoms with Crippen LogP contribution in [0, 0.1) is 0 Å². The van der Waals surface area contributed by atoms with Gasteiger partial charge in [0.15, 0.2) is 0 Å². The average Bonchev–Trinajstić information content (AvgIpc) is 2.68. The van der Waals surface area contributed by atoms with E-state index in [-0.39, 0.29) is 6.10 Å².